The predicted octanol–water partition coefficient (Wildman–Crippen LogP) is 2.70. The molecule has 10 heteroatoms. The maximum Gasteiger partial charge on any atom is 0.243 e. The van der Waals surface area contributed by atoms with Crippen LogP contribution in [0.2, 0.25) is 0 Å². The molecule has 2 aromatic carbocycles. The van der Waals surface area contributed by atoms with Crippen molar-refractivity contribution >= 4 is 27.5 Å². The van der Waals surface area contributed by atoms with Crippen LogP contribution >= 0.6 is 0 Å². The van der Waals surface area contributed by atoms with Gasteiger partial charge < -0.3 is 19.7 Å². The first-order chi connectivity index (χ1) is 16.3. The summed E-state index contributed by atoms with van der Waals surface area (Å²) in [5.41, 5.74) is 0.235. The molecule has 0 aliphatic carbocycles. The lowest BCUT2D eigenvalue weighted by Crippen LogP contribution is -2.40. The van der Waals surface area contributed by atoms with Gasteiger partial charge in [-0.1, -0.05) is 18.2 Å². The summed E-state index contributed by atoms with van der Waals surface area (Å²) < 4.78 is 38.9. The number of carbonyl (C=O) groups is 2. The maximum atomic E-state index is 13.2. The minimum absolute atomic E-state index is 0.00395. The number of benzene rings is 2. The summed E-state index contributed by atoms with van der Waals surface area (Å²) in [5, 5.41) is 2.82. The highest BCUT2D eigenvalue weighted by molar-refractivity contribution is 7.89. The van der Waals surface area contributed by atoms with Crippen LogP contribution < -0.4 is 10.1 Å². The van der Waals surface area contributed by atoms with Crippen molar-refractivity contribution in [3.63, 3.8) is 0 Å². The maximum absolute atomic E-state index is 13.2. The number of hydrogen-bond acceptors (Lipinski definition) is 6. The SMILES string of the molecule is CC(C)N1CC(C(=O)Nc2cc(S(=O)(=O)N3CCOCC3)ccc2Oc2ccccc2)CC1=O. The molecule has 34 heavy (non-hydrogen) atoms. The summed E-state index contributed by atoms with van der Waals surface area (Å²) in [4.78, 5) is 27.1. The third-order valence-electron chi connectivity index (χ3n) is 5.94. The van der Waals surface area contributed by atoms with E-state index in [-0.39, 0.29) is 47.9 Å². The summed E-state index contributed by atoms with van der Waals surface area (Å²) in [5.74, 6) is -0.0943. The van der Waals surface area contributed by atoms with E-state index in [1.165, 1.54) is 22.5 Å². The number of hydrogen-bond donors (Lipinski definition) is 1. The number of ether oxygens (including phenoxy) is 2. The van der Waals surface area contributed by atoms with Gasteiger partial charge in [0.2, 0.25) is 21.8 Å². The lowest BCUT2D eigenvalue weighted by atomic mass is 10.1. The third kappa shape index (κ3) is 5.24. The van der Waals surface area contributed by atoms with Crippen LogP contribution in [0.15, 0.2) is 53.4 Å². The Hall–Kier alpha value is -2.95. The van der Waals surface area contributed by atoms with Crippen LogP contribution in [0.5, 0.6) is 11.5 Å². The third-order valence-corrected chi connectivity index (χ3v) is 7.83. The molecule has 0 spiro atoms. The number of likely N-dealkylation sites (tertiary alicyclic amines) is 1. The first-order valence-electron chi connectivity index (χ1n) is 11.3. The average molecular weight is 488 g/mol. The molecule has 0 aromatic heterocycles. The fourth-order valence-electron chi connectivity index (χ4n) is 4.05. The number of para-hydroxylation sites is 1. The Morgan fingerprint density at radius 3 is 2.47 bits per heavy atom. The van der Waals surface area contributed by atoms with E-state index in [0.717, 1.165) is 0 Å². The lowest BCUT2D eigenvalue weighted by Gasteiger charge is -2.26. The lowest BCUT2D eigenvalue weighted by molar-refractivity contribution is -0.129. The molecule has 2 heterocycles. The normalized spacial score (nSPS) is 19.4. The molecular weight excluding hydrogens is 458 g/mol. The molecule has 2 aliphatic heterocycles. The van der Waals surface area contributed by atoms with Crippen LogP contribution in [0.1, 0.15) is 20.3 Å². The van der Waals surface area contributed by atoms with Gasteiger partial charge in [-0.15, -0.1) is 0 Å². The highest BCUT2D eigenvalue weighted by Gasteiger charge is 2.36. The Kier molecular flexibility index (Phi) is 7.20. The van der Waals surface area contributed by atoms with Crippen molar-refractivity contribution in [1.82, 2.24) is 9.21 Å². The molecular formula is C24H29N3O6S. The summed E-state index contributed by atoms with van der Waals surface area (Å²) in [6.45, 7) is 5.33. The van der Waals surface area contributed by atoms with Gasteiger partial charge in [-0.05, 0) is 44.2 Å². The van der Waals surface area contributed by atoms with Gasteiger partial charge in [-0.3, -0.25) is 9.59 Å². The second-order valence-corrected chi connectivity index (χ2v) is 10.6. The van der Waals surface area contributed by atoms with Gasteiger partial charge in [0.15, 0.2) is 5.75 Å². The van der Waals surface area contributed by atoms with Gasteiger partial charge in [0.05, 0.1) is 29.7 Å². The summed E-state index contributed by atoms with van der Waals surface area (Å²) in [6, 6.07) is 13.4. The van der Waals surface area contributed by atoms with Crippen LogP contribution in [-0.2, 0) is 24.3 Å². The number of nitrogens with one attached hydrogen (secondary N) is 1. The van der Waals surface area contributed by atoms with E-state index in [2.05, 4.69) is 5.32 Å². The number of anilines is 1. The number of morpholine rings is 1. The van der Waals surface area contributed by atoms with Crippen molar-refractivity contribution in [2.75, 3.05) is 38.2 Å². The number of nitrogens with zero attached hydrogens (tertiary/aromatic N) is 2. The number of amides is 2. The average Bonchev–Trinajstić information content (AvgIpc) is 3.23. The largest absolute Gasteiger partial charge is 0.455 e. The van der Waals surface area contributed by atoms with Crippen molar-refractivity contribution in [3.8, 4) is 11.5 Å². The van der Waals surface area contributed by atoms with E-state index in [4.69, 9.17) is 9.47 Å². The van der Waals surface area contributed by atoms with Crippen LogP contribution in [0.4, 0.5) is 5.69 Å². The first kappa shape index (κ1) is 24.2. The molecule has 0 saturated carbocycles. The molecule has 2 fully saturated rings. The molecule has 9 nitrogen and oxygen atoms in total. The fourth-order valence-corrected chi connectivity index (χ4v) is 5.48. The minimum atomic E-state index is -3.77. The summed E-state index contributed by atoms with van der Waals surface area (Å²) in [6.07, 6.45) is 0.116. The summed E-state index contributed by atoms with van der Waals surface area (Å²) >= 11 is 0. The Bertz CT molecular complexity index is 1150. The molecule has 1 unspecified atom stereocenters. The van der Waals surface area contributed by atoms with Crippen LogP contribution in [0.25, 0.3) is 0 Å². The standard InChI is InChI=1S/C24H29N3O6S/c1-17(2)27-16-18(14-23(27)28)24(29)25-21-15-20(34(30,31)26-10-12-32-13-11-26)8-9-22(21)33-19-6-4-3-5-7-19/h3-9,15,17-18H,10-14,16H2,1-2H3,(H,25,29). The van der Waals surface area contributed by atoms with E-state index in [9.17, 15) is 18.0 Å². The smallest absolute Gasteiger partial charge is 0.243 e. The molecule has 0 bridgehead atoms. The highest BCUT2D eigenvalue weighted by atomic mass is 32.2. The zero-order valence-corrected chi connectivity index (χ0v) is 20.1. The van der Waals surface area contributed by atoms with Gasteiger partial charge in [-0.2, -0.15) is 4.31 Å². The van der Waals surface area contributed by atoms with E-state index in [1.54, 1.807) is 17.0 Å². The van der Waals surface area contributed by atoms with Gasteiger partial charge in [-0.25, -0.2) is 8.42 Å². The Morgan fingerprint density at radius 1 is 1.12 bits per heavy atom. The molecule has 4 rings (SSSR count). The van der Waals surface area contributed by atoms with E-state index < -0.39 is 15.9 Å². The molecule has 182 valence electrons. The minimum Gasteiger partial charge on any atom is -0.455 e. The molecule has 1 N–H and O–H groups in total. The molecule has 2 amide bonds. The van der Waals surface area contributed by atoms with Gasteiger partial charge in [0.25, 0.3) is 0 Å². The number of carbonyl (C=O) groups excluding carboxylic acids is 2. The van der Waals surface area contributed by atoms with E-state index >= 15 is 0 Å². The monoisotopic (exact) mass is 487 g/mol. The molecule has 0 radical (unpaired) electrons. The van der Waals surface area contributed by atoms with Gasteiger partial charge >= 0.3 is 0 Å². The van der Waals surface area contributed by atoms with E-state index in [0.29, 0.717) is 31.3 Å². The van der Waals surface area contributed by atoms with Crippen molar-refractivity contribution in [2.45, 2.75) is 31.2 Å². The van der Waals surface area contributed by atoms with Crippen molar-refractivity contribution in [2.24, 2.45) is 5.92 Å². The Balaban J connectivity index is 1.62. The Morgan fingerprint density at radius 2 is 1.82 bits per heavy atom. The van der Waals surface area contributed by atoms with Crippen molar-refractivity contribution < 1.29 is 27.5 Å². The van der Waals surface area contributed by atoms with Gasteiger partial charge in [0, 0.05) is 32.1 Å². The second kappa shape index (κ2) is 10.1. The molecule has 1 atom stereocenters. The van der Waals surface area contributed by atoms with Crippen LogP contribution in [-0.4, -0.2) is 68.3 Å². The zero-order chi connectivity index (χ0) is 24.3. The quantitative estimate of drug-likeness (QED) is 0.644. The van der Waals surface area contributed by atoms with Gasteiger partial charge in [0.1, 0.15) is 5.75 Å². The first-order valence-corrected chi connectivity index (χ1v) is 12.7. The highest BCUT2D eigenvalue weighted by Crippen LogP contribution is 2.34. The predicted molar refractivity (Wildman–Crippen MR) is 126 cm³/mol. The number of rotatable bonds is 7. The van der Waals surface area contributed by atoms with Crippen LogP contribution in [0.3, 0.4) is 0 Å². The zero-order valence-electron chi connectivity index (χ0n) is 19.3. The summed E-state index contributed by atoms with van der Waals surface area (Å²) in [7, 11) is -3.77. The second-order valence-electron chi connectivity index (χ2n) is 8.62. The molecule has 2 aromatic rings. The van der Waals surface area contributed by atoms with Crippen molar-refractivity contribution in [3.05, 3.63) is 48.5 Å². The number of sulfonamides is 1. The molecule has 2 aliphatic rings. The van der Waals surface area contributed by atoms with E-state index in [1.807, 2.05) is 32.0 Å². The van der Waals surface area contributed by atoms with Crippen molar-refractivity contribution in [1.29, 1.82) is 0 Å². The van der Waals surface area contributed by atoms with Crippen LogP contribution in [0, 0.1) is 5.92 Å². The Labute approximate surface area is 199 Å². The topological polar surface area (TPSA) is 105 Å². The molecule has 2 saturated heterocycles. The fraction of sp³-hybridized carbons (Fsp3) is 0.417.